The molecule has 4 heterocycles. The summed E-state index contributed by atoms with van der Waals surface area (Å²) in [5, 5.41) is 8.57. The zero-order valence-corrected chi connectivity index (χ0v) is 28.9. The van der Waals surface area contributed by atoms with Crippen molar-refractivity contribution < 1.29 is 4.42 Å². The molecule has 0 atom stereocenters. The Morgan fingerprint density at radius 1 is 0.352 bits per heavy atom. The fourth-order valence-electron chi connectivity index (χ4n) is 9.13. The predicted octanol–water partition coefficient (Wildman–Crippen LogP) is 13.4. The Hall–Kier alpha value is -7.55. The maximum absolute atomic E-state index is 9.11. The van der Waals surface area contributed by atoms with Gasteiger partial charge in [-0.15, -0.1) is 0 Å². The van der Waals surface area contributed by atoms with Crippen molar-refractivity contribution in [3.63, 3.8) is 0 Å². The van der Waals surface area contributed by atoms with Crippen molar-refractivity contribution in [3.8, 4) is 17.1 Å². The Morgan fingerprint density at radius 2 is 0.667 bits per heavy atom. The van der Waals surface area contributed by atoms with Gasteiger partial charge in [-0.25, -0.2) is 4.85 Å². The van der Waals surface area contributed by atoms with Gasteiger partial charge >= 0.3 is 0 Å². The summed E-state index contributed by atoms with van der Waals surface area (Å²) in [7, 11) is 0. The maximum atomic E-state index is 9.11. The zero-order chi connectivity index (χ0) is 35.5. The standard InChI is InChI=1S/C49H28N4O/c1-50-45-44-36-22-8-15-29-43(36)54-49(44)48(53-41-27-13-6-20-34(41)35-21-7-14-28-42(35)53)47(52-39-25-11-4-18-32(39)33-19-5-12-26-40(33)52)46(45)51-37-23-9-2-16-30(37)31-17-3-10-24-38(31)51/h2-29H. The van der Waals surface area contributed by atoms with Crippen molar-refractivity contribution in [1.29, 1.82) is 0 Å². The largest absolute Gasteiger partial charge is 0.455 e. The molecule has 250 valence electrons. The number of hydrogen-bond donors (Lipinski definition) is 0. The summed E-state index contributed by atoms with van der Waals surface area (Å²) in [4.78, 5) is 4.51. The van der Waals surface area contributed by atoms with Crippen LogP contribution in [-0.4, -0.2) is 13.7 Å². The fourth-order valence-corrected chi connectivity index (χ4v) is 9.13. The minimum Gasteiger partial charge on any atom is -0.455 e. The monoisotopic (exact) mass is 688 g/mol. The molecular weight excluding hydrogens is 661 g/mol. The molecule has 0 aliphatic rings. The first kappa shape index (κ1) is 29.1. The fraction of sp³-hybridized carbons (Fsp3) is 0. The molecule has 0 aliphatic carbocycles. The van der Waals surface area contributed by atoms with E-state index in [9.17, 15) is 0 Å². The van der Waals surface area contributed by atoms with Crippen LogP contribution >= 0.6 is 0 Å². The van der Waals surface area contributed by atoms with Crippen LogP contribution in [0.25, 0.3) is 109 Å². The molecule has 12 aromatic rings. The summed E-state index contributed by atoms with van der Waals surface area (Å²) in [6.07, 6.45) is 0. The van der Waals surface area contributed by atoms with Crippen molar-refractivity contribution in [3.05, 3.63) is 181 Å². The molecule has 0 saturated heterocycles. The lowest BCUT2D eigenvalue weighted by atomic mass is 10.0. The van der Waals surface area contributed by atoms with Gasteiger partial charge in [0.25, 0.3) is 0 Å². The lowest BCUT2D eigenvalue weighted by Crippen LogP contribution is -2.10. The number of benzene rings is 8. The Balaban J connectivity index is 1.46. The van der Waals surface area contributed by atoms with E-state index >= 15 is 0 Å². The van der Waals surface area contributed by atoms with Crippen molar-refractivity contribution in [2.75, 3.05) is 0 Å². The number of fused-ring (bicyclic) bond motifs is 12. The molecule has 0 fully saturated rings. The van der Waals surface area contributed by atoms with Crippen LogP contribution in [0.15, 0.2) is 174 Å². The molecule has 0 N–H and O–H groups in total. The van der Waals surface area contributed by atoms with Crippen molar-refractivity contribution in [2.24, 2.45) is 0 Å². The van der Waals surface area contributed by atoms with Gasteiger partial charge in [0.15, 0.2) is 5.58 Å². The van der Waals surface area contributed by atoms with Gasteiger partial charge in [0, 0.05) is 43.1 Å². The summed E-state index contributed by atoms with van der Waals surface area (Å²) in [6.45, 7) is 9.11. The molecule has 4 aromatic heterocycles. The average Bonchev–Trinajstić information content (AvgIpc) is 3.97. The van der Waals surface area contributed by atoms with E-state index in [0.717, 1.165) is 98.8 Å². The van der Waals surface area contributed by atoms with Crippen LogP contribution in [0.4, 0.5) is 5.69 Å². The molecule has 0 spiro atoms. The second-order valence-corrected chi connectivity index (χ2v) is 13.9. The molecule has 5 nitrogen and oxygen atoms in total. The molecule has 0 bridgehead atoms. The highest BCUT2D eigenvalue weighted by Gasteiger charge is 2.32. The first-order valence-electron chi connectivity index (χ1n) is 18.2. The molecule has 0 unspecified atom stereocenters. The Labute approximate surface area is 308 Å². The van der Waals surface area contributed by atoms with E-state index < -0.39 is 0 Å². The van der Waals surface area contributed by atoms with Crippen LogP contribution in [0.5, 0.6) is 0 Å². The molecule has 0 saturated carbocycles. The van der Waals surface area contributed by atoms with Crippen LogP contribution in [0.3, 0.4) is 0 Å². The summed E-state index contributed by atoms with van der Waals surface area (Å²) in [5.74, 6) is 0. The van der Waals surface area contributed by atoms with Gasteiger partial charge in [0.2, 0.25) is 5.69 Å². The SMILES string of the molecule is [C-]#[N+]c1c(-n2c3ccccc3c3ccccc32)c(-n2c3ccccc3c3ccccc32)c(-n2c3ccccc3c3ccccc32)c2oc3ccccc3c12. The Morgan fingerprint density at radius 3 is 1.06 bits per heavy atom. The lowest BCUT2D eigenvalue weighted by molar-refractivity contribution is 0.666. The normalized spacial score (nSPS) is 12.1. The maximum Gasteiger partial charge on any atom is 0.224 e. The van der Waals surface area contributed by atoms with Gasteiger partial charge in [0.05, 0.1) is 51.0 Å². The highest BCUT2D eigenvalue weighted by Crippen LogP contribution is 2.52. The van der Waals surface area contributed by atoms with Crippen LogP contribution in [0.1, 0.15) is 0 Å². The number of aromatic nitrogens is 3. The topological polar surface area (TPSA) is 32.3 Å². The van der Waals surface area contributed by atoms with Gasteiger partial charge in [-0.1, -0.05) is 127 Å². The lowest BCUT2D eigenvalue weighted by Gasteiger charge is -2.24. The summed E-state index contributed by atoms with van der Waals surface area (Å²) in [5.41, 5.74) is 10.8. The van der Waals surface area contributed by atoms with Gasteiger partial charge in [-0.2, -0.15) is 0 Å². The van der Waals surface area contributed by atoms with Gasteiger partial charge in [-0.3, -0.25) is 0 Å². The second kappa shape index (κ2) is 10.7. The van der Waals surface area contributed by atoms with Gasteiger partial charge in [0.1, 0.15) is 11.3 Å². The van der Waals surface area contributed by atoms with E-state index in [0.29, 0.717) is 11.3 Å². The zero-order valence-electron chi connectivity index (χ0n) is 28.9. The van der Waals surface area contributed by atoms with Crippen molar-refractivity contribution in [2.45, 2.75) is 0 Å². The quantitative estimate of drug-likeness (QED) is 0.170. The van der Waals surface area contributed by atoms with Crippen LogP contribution in [0, 0.1) is 6.57 Å². The molecule has 0 radical (unpaired) electrons. The van der Waals surface area contributed by atoms with E-state index in [-0.39, 0.29) is 0 Å². The first-order chi connectivity index (χ1) is 26.8. The van der Waals surface area contributed by atoms with E-state index in [1.165, 1.54) is 0 Å². The minimum absolute atomic E-state index is 0.544. The number of hydrogen-bond acceptors (Lipinski definition) is 1. The van der Waals surface area contributed by atoms with Crippen molar-refractivity contribution in [1.82, 2.24) is 13.7 Å². The van der Waals surface area contributed by atoms with Gasteiger partial charge in [-0.05, 0) is 42.5 Å². The molecule has 0 amide bonds. The van der Waals surface area contributed by atoms with E-state index in [1.54, 1.807) is 0 Å². The predicted molar refractivity (Wildman–Crippen MR) is 223 cm³/mol. The third-order valence-corrected chi connectivity index (χ3v) is 11.2. The second-order valence-electron chi connectivity index (χ2n) is 13.9. The molecule has 12 rings (SSSR count). The molecule has 54 heavy (non-hydrogen) atoms. The number of rotatable bonds is 3. The Bertz CT molecular complexity index is 3420. The molecule has 8 aromatic carbocycles. The van der Waals surface area contributed by atoms with E-state index in [1.807, 2.05) is 18.2 Å². The third kappa shape index (κ3) is 3.66. The van der Waals surface area contributed by atoms with E-state index in [4.69, 9.17) is 11.0 Å². The van der Waals surface area contributed by atoms with Crippen molar-refractivity contribution >= 4 is 93.0 Å². The first-order valence-corrected chi connectivity index (χ1v) is 18.2. The van der Waals surface area contributed by atoms with Crippen LogP contribution < -0.4 is 0 Å². The van der Waals surface area contributed by atoms with Crippen LogP contribution in [0.2, 0.25) is 0 Å². The molecule has 5 heteroatoms. The summed E-state index contributed by atoms with van der Waals surface area (Å²) in [6, 6.07) is 59.7. The average molecular weight is 689 g/mol. The summed E-state index contributed by atoms with van der Waals surface area (Å²) < 4.78 is 14.2. The number of nitrogens with zero attached hydrogens (tertiary/aromatic N) is 4. The number of furan rings is 1. The highest BCUT2D eigenvalue weighted by molar-refractivity contribution is 6.22. The third-order valence-electron chi connectivity index (χ3n) is 11.2. The summed E-state index contributed by atoms with van der Waals surface area (Å²) >= 11 is 0. The Kier molecular flexibility index (Phi) is 5.78. The molecule has 0 aliphatic heterocycles. The number of para-hydroxylation sites is 7. The minimum atomic E-state index is 0.544. The van der Waals surface area contributed by atoms with E-state index in [2.05, 4.69) is 170 Å². The van der Waals surface area contributed by atoms with Crippen LogP contribution in [-0.2, 0) is 0 Å². The van der Waals surface area contributed by atoms with Gasteiger partial charge < -0.3 is 18.1 Å². The highest BCUT2D eigenvalue weighted by atomic mass is 16.3. The smallest absolute Gasteiger partial charge is 0.224 e. The molecular formula is C49H28N4O.